The molecule has 2 unspecified atom stereocenters. The Balaban J connectivity index is 1.86. The van der Waals surface area contributed by atoms with E-state index in [0.717, 1.165) is 30.6 Å². The highest BCUT2D eigenvalue weighted by Crippen LogP contribution is 2.42. The highest BCUT2D eigenvalue weighted by molar-refractivity contribution is 5.70. The minimum absolute atomic E-state index is 0.309. The van der Waals surface area contributed by atoms with Gasteiger partial charge in [0.1, 0.15) is 0 Å². The van der Waals surface area contributed by atoms with E-state index in [1.54, 1.807) is 6.07 Å². The lowest BCUT2D eigenvalue weighted by Gasteiger charge is -2.22. The Morgan fingerprint density at radius 1 is 1.32 bits per heavy atom. The van der Waals surface area contributed by atoms with Crippen LogP contribution in [0.4, 0.5) is 15.8 Å². The van der Waals surface area contributed by atoms with Crippen LogP contribution in [0.2, 0.25) is 0 Å². The summed E-state index contributed by atoms with van der Waals surface area (Å²) in [5, 5.41) is 0. The summed E-state index contributed by atoms with van der Waals surface area (Å²) in [5.74, 6) is 1.52. The highest BCUT2D eigenvalue weighted by Gasteiger charge is 2.36. The van der Waals surface area contributed by atoms with Crippen molar-refractivity contribution in [3.05, 3.63) is 17.9 Å². The van der Waals surface area contributed by atoms with E-state index in [0.29, 0.717) is 18.0 Å². The average molecular weight is 264 g/mol. The quantitative estimate of drug-likeness (QED) is 0.853. The van der Waals surface area contributed by atoms with Crippen LogP contribution in [0.1, 0.15) is 26.2 Å². The van der Waals surface area contributed by atoms with Gasteiger partial charge in [0.25, 0.3) is 0 Å². The number of nitrogens with zero attached hydrogens (tertiary/aromatic N) is 1. The first kappa shape index (κ1) is 12.6. The van der Waals surface area contributed by atoms with Crippen molar-refractivity contribution >= 4 is 11.4 Å². The standard InChI is InChI=1S/C15H21FN2O/c1-2-19-15-7-14(13(17)6-12(15)16)18-8-10-4-3-5-11(10)9-18/h6-7,10-11H,2-5,8-9,17H2,1H3. The van der Waals surface area contributed by atoms with Gasteiger partial charge in [0.2, 0.25) is 0 Å². The van der Waals surface area contributed by atoms with Gasteiger partial charge in [0, 0.05) is 25.2 Å². The second kappa shape index (κ2) is 4.91. The zero-order valence-electron chi connectivity index (χ0n) is 11.4. The van der Waals surface area contributed by atoms with Crippen LogP contribution in [0.3, 0.4) is 0 Å². The molecular weight excluding hydrogens is 243 g/mol. The fourth-order valence-electron chi connectivity index (χ4n) is 3.53. The summed E-state index contributed by atoms with van der Waals surface area (Å²) in [5.41, 5.74) is 7.42. The molecule has 2 N–H and O–H groups in total. The molecule has 1 aliphatic heterocycles. The average Bonchev–Trinajstić information content (AvgIpc) is 2.93. The summed E-state index contributed by atoms with van der Waals surface area (Å²) in [6.45, 7) is 4.42. The second-order valence-corrected chi connectivity index (χ2v) is 5.63. The molecular formula is C15H21FN2O. The van der Waals surface area contributed by atoms with Crippen molar-refractivity contribution in [2.45, 2.75) is 26.2 Å². The number of nitrogen functional groups attached to an aromatic ring is 1. The lowest BCUT2D eigenvalue weighted by atomic mass is 10.0. The van der Waals surface area contributed by atoms with Crippen molar-refractivity contribution in [3.63, 3.8) is 0 Å². The Labute approximate surface area is 113 Å². The molecule has 0 bridgehead atoms. The van der Waals surface area contributed by atoms with Crippen molar-refractivity contribution in [1.29, 1.82) is 0 Å². The Hall–Kier alpha value is -1.45. The van der Waals surface area contributed by atoms with Gasteiger partial charge in [-0.05, 0) is 31.6 Å². The Morgan fingerprint density at radius 2 is 2.00 bits per heavy atom. The molecule has 2 aliphatic rings. The molecule has 1 saturated heterocycles. The molecule has 1 saturated carbocycles. The largest absolute Gasteiger partial charge is 0.491 e. The molecule has 1 heterocycles. The number of halogens is 1. The second-order valence-electron chi connectivity index (χ2n) is 5.63. The van der Waals surface area contributed by atoms with Gasteiger partial charge in [-0.2, -0.15) is 0 Å². The van der Waals surface area contributed by atoms with Gasteiger partial charge in [-0.25, -0.2) is 4.39 Å². The van der Waals surface area contributed by atoms with Crippen molar-refractivity contribution in [3.8, 4) is 5.75 Å². The van der Waals surface area contributed by atoms with Crippen molar-refractivity contribution in [2.75, 3.05) is 30.3 Å². The summed E-state index contributed by atoms with van der Waals surface area (Å²) in [7, 11) is 0. The van der Waals surface area contributed by atoms with Crippen LogP contribution in [-0.4, -0.2) is 19.7 Å². The molecule has 1 aromatic rings. The van der Waals surface area contributed by atoms with Gasteiger partial charge in [-0.3, -0.25) is 0 Å². The molecule has 2 fully saturated rings. The van der Waals surface area contributed by atoms with E-state index >= 15 is 0 Å². The van der Waals surface area contributed by atoms with Crippen molar-refractivity contribution < 1.29 is 9.13 Å². The topological polar surface area (TPSA) is 38.5 Å². The number of anilines is 2. The third kappa shape index (κ3) is 2.24. The molecule has 3 nitrogen and oxygen atoms in total. The maximum Gasteiger partial charge on any atom is 0.167 e. The minimum atomic E-state index is -0.373. The SMILES string of the molecule is CCOc1cc(N2CC3CCCC3C2)c(N)cc1F. The van der Waals surface area contributed by atoms with Crippen LogP contribution >= 0.6 is 0 Å². The van der Waals surface area contributed by atoms with Crippen LogP contribution < -0.4 is 15.4 Å². The Kier molecular flexibility index (Phi) is 3.25. The summed E-state index contributed by atoms with van der Waals surface area (Å²) in [4.78, 5) is 2.30. The number of nitrogens with two attached hydrogens (primary N) is 1. The van der Waals surface area contributed by atoms with Crippen molar-refractivity contribution in [2.24, 2.45) is 11.8 Å². The molecule has 0 spiro atoms. The van der Waals surface area contributed by atoms with Gasteiger partial charge in [-0.1, -0.05) is 6.42 Å². The van der Waals surface area contributed by atoms with Gasteiger partial charge >= 0.3 is 0 Å². The van der Waals surface area contributed by atoms with Crippen molar-refractivity contribution in [1.82, 2.24) is 0 Å². The molecule has 19 heavy (non-hydrogen) atoms. The molecule has 104 valence electrons. The van der Waals surface area contributed by atoms with Gasteiger partial charge < -0.3 is 15.4 Å². The molecule has 0 radical (unpaired) electrons. The first-order valence-electron chi connectivity index (χ1n) is 7.15. The van der Waals surface area contributed by atoms with E-state index in [1.165, 1.54) is 25.3 Å². The van der Waals surface area contributed by atoms with E-state index < -0.39 is 0 Å². The predicted molar refractivity (Wildman–Crippen MR) is 75.0 cm³/mol. The van der Waals surface area contributed by atoms with E-state index in [1.807, 2.05) is 6.92 Å². The summed E-state index contributed by atoms with van der Waals surface area (Å²) >= 11 is 0. The van der Waals surface area contributed by atoms with Crippen LogP contribution in [0.5, 0.6) is 5.75 Å². The third-order valence-corrected chi connectivity index (χ3v) is 4.45. The number of hydrogen-bond donors (Lipinski definition) is 1. The first-order valence-corrected chi connectivity index (χ1v) is 7.15. The van der Waals surface area contributed by atoms with E-state index in [2.05, 4.69) is 4.90 Å². The number of ether oxygens (including phenoxy) is 1. The Morgan fingerprint density at radius 3 is 2.63 bits per heavy atom. The van der Waals surface area contributed by atoms with E-state index in [-0.39, 0.29) is 5.82 Å². The number of rotatable bonds is 3. The van der Waals surface area contributed by atoms with Gasteiger partial charge in [0.15, 0.2) is 11.6 Å². The summed E-state index contributed by atoms with van der Waals surface area (Å²) < 4.78 is 19.0. The minimum Gasteiger partial charge on any atom is -0.491 e. The predicted octanol–water partition coefficient (Wildman–Crippen LogP) is 3.04. The highest BCUT2D eigenvalue weighted by atomic mass is 19.1. The van der Waals surface area contributed by atoms with Crippen LogP contribution in [0, 0.1) is 17.7 Å². The normalized spacial score (nSPS) is 25.7. The smallest absolute Gasteiger partial charge is 0.167 e. The molecule has 3 rings (SSSR count). The maximum atomic E-state index is 13.7. The Bertz CT molecular complexity index is 465. The van der Waals surface area contributed by atoms with Gasteiger partial charge in [-0.15, -0.1) is 0 Å². The fourth-order valence-corrected chi connectivity index (χ4v) is 3.53. The molecule has 1 aliphatic carbocycles. The number of fused-ring (bicyclic) bond motifs is 1. The summed E-state index contributed by atoms with van der Waals surface area (Å²) in [6.07, 6.45) is 3.99. The zero-order chi connectivity index (χ0) is 13.4. The van der Waals surface area contributed by atoms with Gasteiger partial charge in [0.05, 0.1) is 18.0 Å². The molecule has 1 aromatic carbocycles. The number of hydrogen-bond acceptors (Lipinski definition) is 3. The first-order chi connectivity index (χ1) is 9.19. The number of benzene rings is 1. The fraction of sp³-hybridized carbons (Fsp3) is 0.600. The van der Waals surface area contributed by atoms with Crippen LogP contribution in [0.15, 0.2) is 12.1 Å². The zero-order valence-corrected chi connectivity index (χ0v) is 11.4. The molecule has 0 aromatic heterocycles. The lowest BCUT2D eigenvalue weighted by Crippen LogP contribution is -2.22. The third-order valence-electron chi connectivity index (χ3n) is 4.45. The van der Waals surface area contributed by atoms with Crippen LogP contribution in [-0.2, 0) is 0 Å². The van der Waals surface area contributed by atoms with E-state index in [9.17, 15) is 4.39 Å². The molecule has 0 amide bonds. The van der Waals surface area contributed by atoms with E-state index in [4.69, 9.17) is 10.5 Å². The maximum absolute atomic E-state index is 13.7. The van der Waals surface area contributed by atoms with Crippen LogP contribution in [0.25, 0.3) is 0 Å². The molecule has 4 heteroatoms. The molecule has 2 atom stereocenters. The lowest BCUT2D eigenvalue weighted by molar-refractivity contribution is 0.322. The monoisotopic (exact) mass is 264 g/mol. The summed E-state index contributed by atoms with van der Waals surface area (Å²) in [6, 6.07) is 3.14.